The van der Waals surface area contributed by atoms with E-state index in [9.17, 15) is 45.3 Å². The van der Waals surface area contributed by atoms with Gasteiger partial charge < -0.3 is 21.7 Å². The second-order valence-corrected chi connectivity index (χ2v) is 7.39. The Hall–Kier alpha value is -2.60. The third kappa shape index (κ3) is 4.40. The Morgan fingerprint density at radius 2 is 0.968 bits per heavy atom. The lowest BCUT2D eigenvalue weighted by molar-refractivity contribution is -0.258. The van der Waals surface area contributed by atoms with Crippen LogP contribution < -0.4 is 11.5 Å². The molecule has 4 nitrogen and oxygen atoms in total. The maximum Gasteiger partial charge on any atom is 0.421 e. The molecule has 2 aromatic carbocycles. The Balaban J connectivity index is 2.61. The van der Waals surface area contributed by atoms with Crippen LogP contribution in [0.3, 0.4) is 0 Å². The number of rotatable bonds is 4. The first-order valence-electron chi connectivity index (χ1n) is 8.55. The maximum absolute atomic E-state index is 14.1. The highest BCUT2D eigenvalue weighted by Crippen LogP contribution is 2.43. The normalized spacial score (nSPS) is 16.6. The fourth-order valence-corrected chi connectivity index (χ4v) is 2.90. The summed E-state index contributed by atoms with van der Waals surface area (Å²) in [6.07, 6.45) is -11.0. The zero-order valence-electron chi connectivity index (χ0n) is 16.1. The molecule has 0 fully saturated rings. The van der Waals surface area contributed by atoms with Gasteiger partial charge in [-0.1, -0.05) is 0 Å². The molecule has 0 aliphatic heterocycles. The molecule has 2 rings (SSSR count). The predicted molar refractivity (Wildman–Crippen MR) is 95.7 cm³/mol. The van der Waals surface area contributed by atoms with Gasteiger partial charge in [0.05, 0.1) is 11.4 Å². The molecule has 0 aromatic heterocycles. The smallest absolute Gasteiger partial charge is 0.396 e. The van der Waals surface area contributed by atoms with Crippen LogP contribution in [0, 0.1) is 11.6 Å². The van der Waals surface area contributed by atoms with E-state index >= 15 is 0 Å². The van der Waals surface area contributed by atoms with E-state index in [1.807, 2.05) is 0 Å². The van der Waals surface area contributed by atoms with Crippen molar-refractivity contribution in [2.75, 3.05) is 11.5 Å². The van der Waals surface area contributed by atoms with Crippen molar-refractivity contribution in [3.05, 3.63) is 58.2 Å². The summed E-state index contributed by atoms with van der Waals surface area (Å²) < 4.78 is 107. The van der Waals surface area contributed by atoms with Crippen molar-refractivity contribution >= 4 is 11.4 Å². The van der Waals surface area contributed by atoms with Crippen molar-refractivity contribution in [2.45, 2.75) is 43.8 Å². The number of benzene rings is 2. The van der Waals surface area contributed by atoms with Crippen LogP contribution >= 0.6 is 0 Å². The largest absolute Gasteiger partial charge is 0.421 e. The Morgan fingerprint density at radius 1 is 0.677 bits per heavy atom. The minimum Gasteiger partial charge on any atom is -0.396 e. The highest BCUT2D eigenvalue weighted by atomic mass is 19.4. The summed E-state index contributed by atoms with van der Waals surface area (Å²) in [4.78, 5) is 0. The molecule has 0 saturated heterocycles. The highest BCUT2D eigenvalue weighted by Gasteiger charge is 2.53. The van der Waals surface area contributed by atoms with E-state index in [0.29, 0.717) is 38.1 Å². The Labute approximate surface area is 171 Å². The van der Waals surface area contributed by atoms with Crippen LogP contribution in [0.4, 0.5) is 46.5 Å². The van der Waals surface area contributed by atoms with E-state index in [0.717, 1.165) is 0 Å². The average Bonchev–Trinajstić information content (AvgIpc) is 2.58. The van der Waals surface area contributed by atoms with Crippen LogP contribution in [0.2, 0.25) is 0 Å². The number of hydrogen-bond donors (Lipinski definition) is 4. The van der Waals surface area contributed by atoms with E-state index in [4.69, 9.17) is 11.5 Å². The maximum atomic E-state index is 14.1. The molecule has 0 bridgehead atoms. The van der Waals surface area contributed by atoms with Crippen molar-refractivity contribution in [1.29, 1.82) is 0 Å². The van der Waals surface area contributed by atoms with Crippen molar-refractivity contribution in [3.8, 4) is 0 Å². The van der Waals surface area contributed by atoms with Gasteiger partial charge in [-0.3, -0.25) is 0 Å². The zero-order chi connectivity index (χ0) is 24.2. The zero-order valence-corrected chi connectivity index (χ0v) is 16.1. The molecule has 31 heavy (non-hydrogen) atoms. The van der Waals surface area contributed by atoms with Crippen LogP contribution in [0.5, 0.6) is 0 Å². The lowest BCUT2D eigenvalue weighted by Gasteiger charge is -2.29. The molecule has 2 unspecified atom stereocenters. The summed E-state index contributed by atoms with van der Waals surface area (Å²) >= 11 is 0. The molecule has 0 heterocycles. The molecular weight excluding hydrogens is 440 g/mol. The lowest BCUT2D eigenvalue weighted by atomic mass is 9.88. The van der Waals surface area contributed by atoms with E-state index in [2.05, 4.69) is 0 Å². The van der Waals surface area contributed by atoms with Gasteiger partial charge >= 0.3 is 12.4 Å². The van der Waals surface area contributed by atoms with Crippen LogP contribution in [0.1, 0.15) is 36.1 Å². The summed E-state index contributed by atoms with van der Waals surface area (Å²) in [5.41, 5.74) is -0.916. The number of hydrogen-bond acceptors (Lipinski definition) is 4. The third-order valence-corrected chi connectivity index (χ3v) is 4.94. The lowest BCUT2D eigenvalue weighted by Crippen LogP contribution is -2.40. The second kappa shape index (κ2) is 7.52. The number of anilines is 2. The SMILES string of the molecule is CC(O)(c1cc(Cc2cc(F)c(N)c(C(C)(O)C(F)(F)F)c2)cc(F)c1N)C(F)(F)F. The van der Waals surface area contributed by atoms with Gasteiger partial charge in [0.1, 0.15) is 11.6 Å². The quantitative estimate of drug-likeness (QED) is 0.407. The number of aliphatic hydroxyl groups is 2. The van der Waals surface area contributed by atoms with Gasteiger partial charge in [-0.05, 0) is 55.7 Å². The molecule has 0 spiro atoms. The molecular formula is C19H18F8N2O2. The summed E-state index contributed by atoms with van der Waals surface area (Å²) in [6.45, 7) is 0.701. The van der Waals surface area contributed by atoms with Crippen LogP contribution in [0.15, 0.2) is 24.3 Å². The summed E-state index contributed by atoms with van der Waals surface area (Å²) in [7, 11) is 0. The van der Waals surface area contributed by atoms with Crippen LogP contribution in [-0.4, -0.2) is 22.6 Å². The standard InChI is InChI=1S/C19H18F8N2O2/c1-16(30,18(22,23)24)10-4-8(6-12(20)14(10)28)3-9-5-11(15(29)13(21)7-9)17(2,31)19(25,26)27/h4-7,30-31H,3,28-29H2,1-2H3. The predicted octanol–water partition coefficient (Wildman–Crippen LogP) is 4.26. The second-order valence-electron chi connectivity index (χ2n) is 7.39. The fraction of sp³-hybridized carbons (Fsp3) is 0.368. The number of nitrogen functional groups attached to an aromatic ring is 2. The van der Waals surface area contributed by atoms with Crippen molar-refractivity contribution in [1.82, 2.24) is 0 Å². The van der Waals surface area contributed by atoms with Crippen molar-refractivity contribution < 1.29 is 45.3 Å². The van der Waals surface area contributed by atoms with Gasteiger partial charge in [0.25, 0.3) is 0 Å². The van der Waals surface area contributed by atoms with Crippen molar-refractivity contribution in [2.24, 2.45) is 0 Å². The Kier molecular flexibility index (Phi) is 5.98. The summed E-state index contributed by atoms with van der Waals surface area (Å²) in [5.74, 6) is -2.65. The first-order chi connectivity index (χ1) is 13.8. The number of halogens is 8. The Morgan fingerprint density at radius 3 is 1.23 bits per heavy atom. The first-order valence-corrected chi connectivity index (χ1v) is 8.55. The molecule has 0 aliphatic rings. The summed E-state index contributed by atoms with van der Waals surface area (Å²) in [5, 5.41) is 19.7. The topological polar surface area (TPSA) is 92.5 Å². The van der Waals surface area contributed by atoms with Crippen LogP contribution in [-0.2, 0) is 17.6 Å². The van der Waals surface area contributed by atoms with Gasteiger partial charge in [-0.2, -0.15) is 26.3 Å². The van der Waals surface area contributed by atoms with E-state index in [-0.39, 0.29) is 11.1 Å². The highest BCUT2D eigenvalue weighted by molar-refractivity contribution is 5.56. The molecule has 6 N–H and O–H groups in total. The molecule has 0 saturated carbocycles. The summed E-state index contributed by atoms with van der Waals surface area (Å²) in [6, 6.07) is 2.81. The first kappa shape index (κ1) is 24.7. The molecule has 2 aromatic rings. The van der Waals surface area contributed by atoms with E-state index in [1.54, 1.807) is 0 Å². The van der Waals surface area contributed by atoms with Crippen molar-refractivity contribution in [3.63, 3.8) is 0 Å². The van der Waals surface area contributed by atoms with E-state index in [1.165, 1.54) is 0 Å². The molecule has 12 heteroatoms. The van der Waals surface area contributed by atoms with Gasteiger partial charge in [-0.25, -0.2) is 8.78 Å². The van der Waals surface area contributed by atoms with Gasteiger partial charge in [0.15, 0.2) is 11.2 Å². The Bertz CT molecular complexity index is 918. The monoisotopic (exact) mass is 458 g/mol. The minimum atomic E-state index is -5.22. The van der Waals surface area contributed by atoms with E-state index < -0.39 is 64.1 Å². The number of nitrogens with two attached hydrogens (primary N) is 2. The molecule has 0 aliphatic carbocycles. The van der Waals surface area contributed by atoms with Gasteiger partial charge in [0.2, 0.25) is 0 Å². The number of alkyl halides is 6. The third-order valence-electron chi connectivity index (χ3n) is 4.94. The molecule has 0 amide bonds. The molecule has 0 radical (unpaired) electrons. The van der Waals surface area contributed by atoms with Gasteiger partial charge in [-0.15, -0.1) is 0 Å². The van der Waals surface area contributed by atoms with Gasteiger partial charge in [0, 0.05) is 11.1 Å². The average molecular weight is 458 g/mol. The molecule has 2 atom stereocenters. The minimum absolute atomic E-state index is 0.256. The van der Waals surface area contributed by atoms with Crippen LogP contribution in [0.25, 0.3) is 0 Å². The molecule has 172 valence electrons. The fourth-order valence-electron chi connectivity index (χ4n) is 2.90.